The molecular formula is C24H22ClF6N3. The third-order valence-corrected chi connectivity index (χ3v) is 6.34. The van der Waals surface area contributed by atoms with Crippen molar-refractivity contribution in [3.63, 3.8) is 0 Å². The van der Waals surface area contributed by atoms with Crippen LogP contribution >= 0.6 is 11.6 Å². The molecule has 1 fully saturated rings. The third-order valence-electron chi connectivity index (χ3n) is 6.11. The molecule has 0 spiro atoms. The highest BCUT2D eigenvalue weighted by molar-refractivity contribution is 6.31. The minimum atomic E-state index is -4.89. The van der Waals surface area contributed by atoms with E-state index in [9.17, 15) is 26.3 Å². The van der Waals surface area contributed by atoms with Crippen LogP contribution in [0.25, 0.3) is 10.9 Å². The molecule has 0 amide bonds. The van der Waals surface area contributed by atoms with E-state index < -0.39 is 23.5 Å². The number of fused-ring (bicyclic) bond motifs is 1. The van der Waals surface area contributed by atoms with Crippen molar-refractivity contribution in [2.75, 3.05) is 5.32 Å². The summed E-state index contributed by atoms with van der Waals surface area (Å²) in [5.41, 5.74) is -1.24. The zero-order valence-corrected chi connectivity index (χ0v) is 18.7. The van der Waals surface area contributed by atoms with Crippen molar-refractivity contribution >= 4 is 28.2 Å². The Morgan fingerprint density at radius 2 is 1.62 bits per heavy atom. The number of pyridine rings is 1. The molecule has 4 rings (SSSR count). The average molecular weight is 502 g/mol. The van der Waals surface area contributed by atoms with Gasteiger partial charge in [-0.15, -0.1) is 0 Å². The van der Waals surface area contributed by atoms with Crippen LogP contribution in [0.2, 0.25) is 5.02 Å². The fraction of sp³-hybridized carbons (Fsp3) is 0.375. The van der Waals surface area contributed by atoms with Gasteiger partial charge < -0.3 is 10.6 Å². The molecule has 10 heteroatoms. The molecule has 1 aromatic heterocycles. The van der Waals surface area contributed by atoms with Crippen LogP contribution in [0.5, 0.6) is 0 Å². The first kappa shape index (κ1) is 24.6. The number of rotatable bonds is 5. The van der Waals surface area contributed by atoms with Crippen LogP contribution in [0.15, 0.2) is 48.7 Å². The van der Waals surface area contributed by atoms with E-state index in [1.807, 2.05) is 12.1 Å². The van der Waals surface area contributed by atoms with Gasteiger partial charge in [-0.3, -0.25) is 4.98 Å². The Bertz CT molecular complexity index is 1160. The lowest BCUT2D eigenvalue weighted by Crippen LogP contribution is -2.46. The summed E-state index contributed by atoms with van der Waals surface area (Å²) in [6.45, 7) is -0.192. The molecule has 0 saturated heterocycles. The topological polar surface area (TPSA) is 37.0 Å². The van der Waals surface area contributed by atoms with Crippen LogP contribution in [0.4, 0.5) is 32.0 Å². The summed E-state index contributed by atoms with van der Waals surface area (Å²) in [6.07, 6.45) is -4.69. The second-order valence-corrected chi connectivity index (χ2v) is 8.85. The fourth-order valence-electron chi connectivity index (χ4n) is 4.41. The van der Waals surface area contributed by atoms with E-state index in [1.165, 1.54) is 0 Å². The van der Waals surface area contributed by atoms with Crippen LogP contribution in [-0.2, 0) is 18.9 Å². The molecule has 1 saturated carbocycles. The zero-order chi connectivity index (χ0) is 24.5. The molecular weight excluding hydrogens is 480 g/mol. The number of nitrogens with zero attached hydrogens (tertiary/aromatic N) is 1. The Labute approximate surface area is 197 Å². The molecule has 1 aliphatic rings. The Morgan fingerprint density at radius 1 is 0.882 bits per heavy atom. The molecule has 34 heavy (non-hydrogen) atoms. The summed E-state index contributed by atoms with van der Waals surface area (Å²) in [4.78, 5) is 4.32. The molecule has 0 radical (unpaired) electrons. The number of benzene rings is 2. The Hall–Kier alpha value is -2.52. The predicted molar refractivity (Wildman–Crippen MR) is 120 cm³/mol. The number of hydrogen-bond donors (Lipinski definition) is 2. The largest absolute Gasteiger partial charge is 0.416 e. The summed E-state index contributed by atoms with van der Waals surface area (Å²) in [5.74, 6) is 0. The summed E-state index contributed by atoms with van der Waals surface area (Å²) in [6, 6.07) is 8.75. The number of halogens is 7. The first-order chi connectivity index (χ1) is 16.0. The quantitative estimate of drug-likeness (QED) is 0.357. The molecule has 2 aromatic carbocycles. The second-order valence-electron chi connectivity index (χ2n) is 8.41. The van der Waals surface area contributed by atoms with E-state index in [4.69, 9.17) is 11.6 Å². The number of hydrogen-bond acceptors (Lipinski definition) is 3. The van der Waals surface area contributed by atoms with Gasteiger partial charge in [0.25, 0.3) is 0 Å². The molecule has 2 atom stereocenters. The number of anilines is 1. The minimum Gasteiger partial charge on any atom is -0.380 e. The van der Waals surface area contributed by atoms with Crippen molar-refractivity contribution in [2.24, 2.45) is 0 Å². The lowest BCUT2D eigenvalue weighted by atomic mass is 9.89. The van der Waals surface area contributed by atoms with Crippen molar-refractivity contribution in [2.45, 2.75) is 56.7 Å². The highest BCUT2D eigenvalue weighted by Crippen LogP contribution is 2.37. The van der Waals surface area contributed by atoms with Crippen molar-refractivity contribution in [1.82, 2.24) is 10.3 Å². The first-order valence-electron chi connectivity index (χ1n) is 10.8. The lowest BCUT2D eigenvalue weighted by Gasteiger charge is -2.34. The summed E-state index contributed by atoms with van der Waals surface area (Å²) in [7, 11) is 0. The average Bonchev–Trinajstić information content (AvgIpc) is 2.77. The molecule has 1 heterocycles. The molecule has 3 nitrogen and oxygen atoms in total. The van der Waals surface area contributed by atoms with Crippen molar-refractivity contribution < 1.29 is 26.3 Å². The molecule has 0 bridgehead atoms. The fourth-order valence-corrected chi connectivity index (χ4v) is 4.57. The maximum Gasteiger partial charge on any atom is 0.416 e. The summed E-state index contributed by atoms with van der Waals surface area (Å²) >= 11 is 6.05. The van der Waals surface area contributed by atoms with Gasteiger partial charge in [-0.25, -0.2) is 0 Å². The van der Waals surface area contributed by atoms with E-state index in [2.05, 4.69) is 15.6 Å². The highest BCUT2D eigenvalue weighted by Gasteiger charge is 2.38. The van der Waals surface area contributed by atoms with Crippen molar-refractivity contribution in [3.05, 3.63) is 70.4 Å². The van der Waals surface area contributed by atoms with Crippen LogP contribution in [0.3, 0.4) is 0 Å². The van der Waals surface area contributed by atoms with E-state index >= 15 is 0 Å². The van der Waals surface area contributed by atoms with Gasteiger partial charge in [0.15, 0.2) is 0 Å². The van der Waals surface area contributed by atoms with Crippen LogP contribution in [0.1, 0.15) is 42.4 Å². The number of aromatic nitrogens is 1. The summed E-state index contributed by atoms with van der Waals surface area (Å²) in [5, 5.41) is 8.08. The Morgan fingerprint density at radius 3 is 2.32 bits per heavy atom. The van der Waals surface area contributed by atoms with Crippen LogP contribution < -0.4 is 10.6 Å². The van der Waals surface area contributed by atoms with Gasteiger partial charge in [0, 0.05) is 40.9 Å². The first-order valence-corrected chi connectivity index (χ1v) is 11.2. The normalized spacial score (nSPS) is 19.4. The maximum atomic E-state index is 13.5. The zero-order valence-electron chi connectivity index (χ0n) is 17.9. The number of nitrogens with one attached hydrogen (secondary N) is 2. The SMILES string of the molecule is FC(F)(F)c1ccc(CN[C@H]2CCCC[C@@H]2Nc2ccnc3cc(Cl)ccc23)c(C(F)(F)F)c1. The molecule has 1 aliphatic carbocycles. The third kappa shape index (κ3) is 5.58. The van der Waals surface area contributed by atoms with E-state index in [0.29, 0.717) is 11.1 Å². The van der Waals surface area contributed by atoms with Gasteiger partial charge in [0.2, 0.25) is 0 Å². The van der Waals surface area contributed by atoms with Crippen LogP contribution in [-0.4, -0.2) is 17.1 Å². The molecule has 0 aliphatic heterocycles. The Kier molecular flexibility index (Phi) is 6.96. The standard InChI is InChI=1S/C24H22ClF6N3/c25-16-7-8-17-19(9-10-32-22(17)12-16)34-21-4-2-1-3-20(21)33-13-14-5-6-15(23(26,27)28)11-18(14)24(29,30)31/h5-12,20-21,33H,1-4,13H2,(H,32,34)/t20-,21-/m0/s1. The monoisotopic (exact) mass is 501 g/mol. The van der Waals surface area contributed by atoms with Gasteiger partial charge in [-0.1, -0.05) is 30.5 Å². The van der Waals surface area contributed by atoms with Crippen molar-refractivity contribution in [1.29, 1.82) is 0 Å². The van der Waals surface area contributed by atoms with E-state index in [1.54, 1.807) is 18.3 Å². The lowest BCUT2D eigenvalue weighted by molar-refractivity contribution is -0.143. The maximum absolute atomic E-state index is 13.5. The van der Waals surface area contributed by atoms with Gasteiger partial charge in [0.05, 0.1) is 16.6 Å². The van der Waals surface area contributed by atoms with Gasteiger partial charge in [-0.05, 0) is 54.8 Å². The Balaban J connectivity index is 1.54. The molecule has 182 valence electrons. The summed E-state index contributed by atoms with van der Waals surface area (Å²) < 4.78 is 79.4. The van der Waals surface area contributed by atoms with Crippen molar-refractivity contribution in [3.8, 4) is 0 Å². The minimum absolute atomic E-state index is 0.0705. The predicted octanol–water partition coefficient (Wildman–Crippen LogP) is 7.44. The van der Waals surface area contributed by atoms with Gasteiger partial charge >= 0.3 is 12.4 Å². The van der Waals surface area contributed by atoms with Gasteiger partial charge in [-0.2, -0.15) is 26.3 Å². The molecule has 0 unspecified atom stereocenters. The van der Waals surface area contributed by atoms with E-state index in [-0.39, 0.29) is 30.3 Å². The van der Waals surface area contributed by atoms with E-state index in [0.717, 1.165) is 48.3 Å². The number of alkyl halides is 6. The molecule has 3 aromatic rings. The molecule has 2 N–H and O–H groups in total. The second kappa shape index (κ2) is 9.62. The van der Waals surface area contributed by atoms with Gasteiger partial charge in [0.1, 0.15) is 0 Å². The highest BCUT2D eigenvalue weighted by atomic mass is 35.5. The smallest absolute Gasteiger partial charge is 0.380 e. The van der Waals surface area contributed by atoms with Crippen LogP contribution in [0, 0.1) is 0 Å².